The van der Waals surface area contributed by atoms with Gasteiger partial charge in [0.05, 0.1) is 13.2 Å². The van der Waals surface area contributed by atoms with Crippen LogP contribution in [0.2, 0.25) is 0 Å². The maximum Gasteiger partial charge on any atom is 0.411 e. The summed E-state index contributed by atoms with van der Waals surface area (Å²) in [6.45, 7) is 4.21. The Hall–Kier alpha value is -3.10. The van der Waals surface area contributed by atoms with Crippen LogP contribution in [0, 0.1) is 0 Å². The van der Waals surface area contributed by atoms with E-state index in [9.17, 15) is 9.59 Å². The summed E-state index contributed by atoms with van der Waals surface area (Å²) < 4.78 is 20.2. The van der Waals surface area contributed by atoms with Crippen LogP contribution < -0.4 is 10.6 Å². The number of ether oxygens (including phenoxy) is 4. The van der Waals surface area contributed by atoms with Gasteiger partial charge in [0, 0.05) is 25.6 Å². The Kier molecular flexibility index (Phi) is 9.80. The molecule has 2 rings (SSSR count). The van der Waals surface area contributed by atoms with Gasteiger partial charge >= 0.3 is 12.2 Å². The second kappa shape index (κ2) is 12.6. The maximum absolute atomic E-state index is 11.8. The summed E-state index contributed by atoms with van der Waals surface area (Å²) in [4.78, 5) is 23.7. The fourth-order valence-corrected chi connectivity index (χ4v) is 2.85. The molecule has 0 heterocycles. The number of hydrogen-bond acceptors (Lipinski definition) is 6. The predicted molar refractivity (Wildman–Crippen MR) is 119 cm³/mol. The van der Waals surface area contributed by atoms with Crippen molar-refractivity contribution in [3.05, 3.63) is 59.7 Å². The lowest BCUT2D eigenvalue weighted by Gasteiger charge is -2.13. The summed E-state index contributed by atoms with van der Waals surface area (Å²) in [7, 11) is 3.11. The molecule has 2 aromatic carbocycles. The highest BCUT2D eigenvalue weighted by Gasteiger charge is 2.10. The van der Waals surface area contributed by atoms with E-state index in [1.54, 1.807) is 28.1 Å². The van der Waals surface area contributed by atoms with Gasteiger partial charge in [-0.05, 0) is 55.7 Å². The maximum atomic E-state index is 11.8. The molecule has 0 fully saturated rings. The SMILES string of the molecule is COCC(C)OC(=O)Nc1ccc(Cc2ccc(NC(=O)OC(C)COC)cc2)cc1. The number of nitrogens with one attached hydrogen (secondary N) is 2. The Labute approximate surface area is 182 Å². The van der Waals surface area contributed by atoms with E-state index in [0.29, 0.717) is 31.0 Å². The van der Waals surface area contributed by atoms with Crippen molar-refractivity contribution < 1.29 is 28.5 Å². The summed E-state index contributed by atoms with van der Waals surface area (Å²) in [5, 5.41) is 5.39. The van der Waals surface area contributed by atoms with Crippen molar-refractivity contribution in [1.82, 2.24) is 0 Å². The van der Waals surface area contributed by atoms with Crippen molar-refractivity contribution in [2.75, 3.05) is 38.1 Å². The molecule has 0 bridgehead atoms. The van der Waals surface area contributed by atoms with Gasteiger partial charge in [0.25, 0.3) is 0 Å². The van der Waals surface area contributed by atoms with Crippen LogP contribution in [-0.2, 0) is 25.4 Å². The van der Waals surface area contributed by atoms with Gasteiger partial charge in [0.15, 0.2) is 0 Å². The highest BCUT2D eigenvalue weighted by atomic mass is 16.6. The fraction of sp³-hybridized carbons (Fsp3) is 0.391. The number of benzene rings is 2. The minimum atomic E-state index is -0.518. The normalized spacial score (nSPS) is 12.5. The molecule has 0 aromatic heterocycles. The van der Waals surface area contributed by atoms with Gasteiger partial charge < -0.3 is 18.9 Å². The zero-order valence-corrected chi connectivity index (χ0v) is 18.3. The molecule has 2 N–H and O–H groups in total. The molecule has 168 valence electrons. The van der Waals surface area contributed by atoms with Gasteiger partial charge in [-0.15, -0.1) is 0 Å². The van der Waals surface area contributed by atoms with E-state index in [4.69, 9.17) is 18.9 Å². The number of amides is 2. The molecule has 2 unspecified atom stereocenters. The van der Waals surface area contributed by atoms with E-state index >= 15 is 0 Å². The average molecular weight is 431 g/mol. The predicted octanol–water partition coefficient (Wildman–Crippen LogP) is 4.44. The number of carbonyl (C=O) groups excluding carboxylic acids is 2. The summed E-state index contributed by atoms with van der Waals surface area (Å²) >= 11 is 0. The average Bonchev–Trinajstić information content (AvgIpc) is 2.71. The molecule has 8 heteroatoms. The smallest absolute Gasteiger partial charge is 0.411 e. The lowest BCUT2D eigenvalue weighted by molar-refractivity contribution is 0.0561. The number of rotatable bonds is 10. The van der Waals surface area contributed by atoms with Crippen molar-refractivity contribution in [2.24, 2.45) is 0 Å². The molecule has 2 amide bonds. The molecule has 31 heavy (non-hydrogen) atoms. The molecular weight excluding hydrogens is 400 g/mol. The molecule has 0 spiro atoms. The molecule has 0 aliphatic carbocycles. The third-order valence-corrected chi connectivity index (χ3v) is 4.23. The van der Waals surface area contributed by atoms with Gasteiger partial charge in [0.1, 0.15) is 12.2 Å². The minimum Gasteiger partial charge on any atom is -0.444 e. The molecule has 2 aromatic rings. The van der Waals surface area contributed by atoms with E-state index in [2.05, 4.69) is 10.6 Å². The van der Waals surface area contributed by atoms with Crippen LogP contribution in [-0.4, -0.2) is 51.8 Å². The van der Waals surface area contributed by atoms with E-state index in [1.807, 2.05) is 48.5 Å². The summed E-state index contributed by atoms with van der Waals surface area (Å²) in [5.41, 5.74) is 3.47. The first-order valence-corrected chi connectivity index (χ1v) is 10.0. The van der Waals surface area contributed by atoms with E-state index in [1.165, 1.54) is 0 Å². The highest BCUT2D eigenvalue weighted by molar-refractivity contribution is 5.85. The second-order valence-electron chi connectivity index (χ2n) is 7.16. The van der Waals surface area contributed by atoms with Gasteiger partial charge in [-0.2, -0.15) is 0 Å². The topological polar surface area (TPSA) is 95.1 Å². The van der Waals surface area contributed by atoms with Crippen molar-refractivity contribution in [3.63, 3.8) is 0 Å². The number of methoxy groups -OCH3 is 2. The van der Waals surface area contributed by atoms with Crippen LogP contribution in [0.25, 0.3) is 0 Å². The van der Waals surface area contributed by atoms with Crippen molar-refractivity contribution in [1.29, 1.82) is 0 Å². The Morgan fingerprint density at radius 2 is 1.06 bits per heavy atom. The van der Waals surface area contributed by atoms with E-state index < -0.39 is 12.2 Å². The van der Waals surface area contributed by atoms with Crippen LogP contribution in [0.1, 0.15) is 25.0 Å². The van der Waals surface area contributed by atoms with Crippen molar-refractivity contribution >= 4 is 23.6 Å². The fourth-order valence-electron chi connectivity index (χ4n) is 2.85. The Morgan fingerprint density at radius 1 is 0.710 bits per heavy atom. The van der Waals surface area contributed by atoms with Crippen LogP contribution >= 0.6 is 0 Å². The number of hydrogen-bond donors (Lipinski definition) is 2. The first-order chi connectivity index (χ1) is 14.9. The van der Waals surface area contributed by atoms with E-state index in [-0.39, 0.29) is 12.2 Å². The van der Waals surface area contributed by atoms with Gasteiger partial charge in [-0.1, -0.05) is 24.3 Å². The Balaban J connectivity index is 1.83. The van der Waals surface area contributed by atoms with Crippen LogP contribution in [0.4, 0.5) is 21.0 Å². The zero-order valence-electron chi connectivity index (χ0n) is 18.3. The summed E-state index contributed by atoms with van der Waals surface area (Å²) in [6, 6.07) is 15.1. The molecule has 8 nitrogen and oxygen atoms in total. The monoisotopic (exact) mass is 430 g/mol. The summed E-state index contributed by atoms with van der Waals surface area (Å²) in [5.74, 6) is 0. The molecular formula is C23H30N2O6. The molecule has 2 atom stereocenters. The van der Waals surface area contributed by atoms with Gasteiger partial charge in [0.2, 0.25) is 0 Å². The largest absolute Gasteiger partial charge is 0.444 e. The Bertz CT molecular complexity index is 753. The quantitative estimate of drug-likeness (QED) is 0.578. The molecule has 0 saturated carbocycles. The first-order valence-electron chi connectivity index (χ1n) is 10.0. The molecule has 0 aliphatic rings. The van der Waals surface area contributed by atoms with Crippen LogP contribution in [0.3, 0.4) is 0 Å². The zero-order chi connectivity index (χ0) is 22.6. The Morgan fingerprint density at radius 3 is 1.39 bits per heavy atom. The summed E-state index contributed by atoms with van der Waals surface area (Å²) in [6.07, 6.45) is -0.966. The first kappa shape index (κ1) is 24.2. The number of carbonyl (C=O) groups is 2. The van der Waals surface area contributed by atoms with Crippen molar-refractivity contribution in [3.8, 4) is 0 Å². The van der Waals surface area contributed by atoms with E-state index in [0.717, 1.165) is 11.1 Å². The standard InChI is InChI=1S/C23H30N2O6/c1-16(14-28-3)30-22(26)24-20-9-5-18(6-10-20)13-19-7-11-21(12-8-19)25-23(27)31-17(2)15-29-4/h5-12,16-17H,13-15H2,1-4H3,(H,24,26)(H,25,27). The molecule has 0 aliphatic heterocycles. The lowest BCUT2D eigenvalue weighted by atomic mass is 10.0. The lowest BCUT2D eigenvalue weighted by Crippen LogP contribution is -2.23. The minimum absolute atomic E-state index is 0.322. The number of anilines is 2. The van der Waals surface area contributed by atoms with Crippen molar-refractivity contribution in [2.45, 2.75) is 32.5 Å². The van der Waals surface area contributed by atoms with Crippen LogP contribution in [0.15, 0.2) is 48.5 Å². The third kappa shape index (κ3) is 9.06. The van der Waals surface area contributed by atoms with Gasteiger partial charge in [-0.25, -0.2) is 9.59 Å². The third-order valence-electron chi connectivity index (χ3n) is 4.23. The highest BCUT2D eigenvalue weighted by Crippen LogP contribution is 2.16. The second-order valence-corrected chi connectivity index (χ2v) is 7.16. The van der Waals surface area contributed by atoms with Gasteiger partial charge in [-0.3, -0.25) is 10.6 Å². The molecule has 0 saturated heterocycles. The molecule has 0 radical (unpaired) electrons. The van der Waals surface area contributed by atoms with Crippen LogP contribution in [0.5, 0.6) is 0 Å².